The second-order valence-electron chi connectivity index (χ2n) is 7.81. The molecular weight excluding hydrogens is 340 g/mol. The van der Waals surface area contributed by atoms with Gasteiger partial charge in [0.1, 0.15) is 0 Å². The first kappa shape index (κ1) is 18.2. The van der Waals surface area contributed by atoms with E-state index in [4.69, 9.17) is 0 Å². The number of carbonyl (C=O) groups is 1. The summed E-state index contributed by atoms with van der Waals surface area (Å²) in [7, 11) is 0. The van der Waals surface area contributed by atoms with Crippen molar-refractivity contribution in [3.8, 4) is 0 Å². The lowest BCUT2D eigenvalue weighted by molar-refractivity contribution is -0.137. The summed E-state index contributed by atoms with van der Waals surface area (Å²) < 4.78 is 1.54. The van der Waals surface area contributed by atoms with Crippen LogP contribution in [0.1, 0.15) is 38.5 Å². The molecule has 0 atom stereocenters. The summed E-state index contributed by atoms with van der Waals surface area (Å²) in [5, 5.41) is 5.91. The number of piperidine rings is 1. The number of amides is 1. The molecule has 0 radical (unpaired) electrons. The molecule has 3 heterocycles. The van der Waals surface area contributed by atoms with Gasteiger partial charge >= 0.3 is 0 Å². The molecule has 4 rings (SSSR count). The van der Waals surface area contributed by atoms with Gasteiger partial charge in [-0.25, -0.2) is 4.68 Å². The van der Waals surface area contributed by atoms with Gasteiger partial charge in [-0.15, -0.1) is 0 Å². The molecule has 0 bridgehead atoms. The molecule has 2 aliphatic rings. The molecule has 0 N–H and O–H groups in total. The molecule has 6 nitrogen and oxygen atoms in total. The van der Waals surface area contributed by atoms with E-state index < -0.39 is 0 Å². The van der Waals surface area contributed by atoms with Gasteiger partial charge < -0.3 is 4.90 Å². The largest absolute Gasteiger partial charge is 0.342 e. The minimum Gasteiger partial charge on any atom is -0.342 e. The van der Waals surface area contributed by atoms with Crippen molar-refractivity contribution in [3.05, 3.63) is 40.8 Å². The second-order valence-corrected chi connectivity index (χ2v) is 7.81. The van der Waals surface area contributed by atoms with Gasteiger partial charge in [0.05, 0.1) is 18.3 Å². The highest BCUT2D eigenvalue weighted by Gasteiger charge is 2.29. The summed E-state index contributed by atoms with van der Waals surface area (Å²) in [6.07, 6.45) is 8.27. The molecule has 27 heavy (non-hydrogen) atoms. The molecule has 0 spiro atoms. The SMILES string of the molecule is O=C(C1CCN(Cn2ncc3ccccc3c2=O)CC1)N1CCCCCC1. The number of hydrogen-bond donors (Lipinski definition) is 0. The van der Waals surface area contributed by atoms with E-state index in [9.17, 15) is 9.59 Å². The third-order valence-electron chi connectivity index (χ3n) is 5.95. The predicted octanol–water partition coefficient (Wildman–Crippen LogP) is 2.47. The Morgan fingerprint density at radius 1 is 1.00 bits per heavy atom. The Bertz CT molecular complexity index is 847. The first-order valence-corrected chi connectivity index (χ1v) is 10.2. The Kier molecular flexibility index (Phi) is 5.53. The van der Waals surface area contributed by atoms with E-state index in [2.05, 4.69) is 14.9 Å². The second kappa shape index (κ2) is 8.21. The van der Waals surface area contributed by atoms with Gasteiger partial charge in [0, 0.05) is 37.5 Å². The van der Waals surface area contributed by atoms with Crippen LogP contribution in [0.2, 0.25) is 0 Å². The fourth-order valence-corrected chi connectivity index (χ4v) is 4.29. The van der Waals surface area contributed by atoms with Crippen molar-refractivity contribution in [1.82, 2.24) is 19.6 Å². The lowest BCUT2D eigenvalue weighted by Gasteiger charge is -2.33. The highest BCUT2D eigenvalue weighted by atomic mass is 16.2. The van der Waals surface area contributed by atoms with Crippen LogP contribution in [0.4, 0.5) is 0 Å². The predicted molar refractivity (Wildman–Crippen MR) is 105 cm³/mol. The van der Waals surface area contributed by atoms with Crippen LogP contribution in [0.5, 0.6) is 0 Å². The molecule has 0 aliphatic carbocycles. The summed E-state index contributed by atoms with van der Waals surface area (Å²) in [5.74, 6) is 0.484. The highest BCUT2D eigenvalue weighted by Crippen LogP contribution is 2.22. The zero-order valence-corrected chi connectivity index (χ0v) is 15.8. The van der Waals surface area contributed by atoms with Crippen LogP contribution in [0, 0.1) is 5.92 Å². The summed E-state index contributed by atoms with van der Waals surface area (Å²) in [5.41, 5.74) is -0.0455. The number of nitrogens with zero attached hydrogens (tertiary/aromatic N) is 4. The maximum absolute atomic E-state index is 12.8. The van der Waals surface area contributed by atoms with Crippen LogP contribution in [0.15, 0.2) is 35.3 Å². The molecular formula is C21H28N4O2. The van der Waals surface area contributed by atoms with Crippen molar-refractivity contribution in [1.29, 1.82) is 0 Å². The fourth-order valence-electron chi connectivity index (χ4n) is 4.29. The third-order valence-corrected chi connectivity index (χ3v) is 5.95. The molecule has 0 unspecified atom stereocenters. The first-order valence-electron chi connectivity index (χ1n) is 10.2. The molecule has 0 saturated carbocycles. The Balaban J connectivity index is 1.36. The van der Waals surface area contributed by atoms with E-state index >= 15 is 0 Å². The van der Waals surface area contributed by atoms with Gasteiger partial charge in [0.15, 0.2) is 0 Å². The Morgan fingerprint density at radius 2 is 1.70 bits per heavy atom. The number of likely N-dealkylation sites (tertiary alicyclic amines) is 2. The van der Waals surface area contributed by atoms with E-state index in [0.29, 0.717) is 18.0 Å². The van der Waals surface area contributed by atoms with Crippen LogP contribution >= 0.6 is 0 Å². The van der Waals surface area contributed by atoms with Crippen molar-refractivity contribution < 1.29 is 4.79 Å². The quantitative estimate of drug-likeness (QED) is 0.835. The minimum absolute atomic E-state index is 0.0455. The highest BCUT2D eigenvalue weighted by molar-refractivity contribution is 5.80. The van der Waals surface area contributed by atoms with Crippen LogP contribution in [0.25, 0.3) is 10.8 Å². The Labute approximate surface area is 159 Å². The average Bonchev–Trinajstić information content (AvgIpc) is 3.00. The van der Waals surface area contributed by atoms with Crippen LogP contribution in [-0.2, 0) is 11.5 Å². The third kappa shape index (κ3) is 4.05. The Hall–Kier alpha value is -2.21. The van der Waals surface area contributed by atoms with Crippen molar-refractivity contribution >= 4 is 16.7 Å². The fraction of sp³-hybridized carbons (Fsp3) is 0.571. The number of hydrogen-bond acceptors (Lipinski definition) is 4. The van der Waals surface area contributed by atoms with Gasteiger partial charge in [-0.05, 0) is 31.7 Å². The molecule has 144 valence electrons. The maximum Gasteiger partial charge on any atom is 0.275 e. The average molecular weight is 368 g/mol. The molecule has 2 saturated heterocycles. The van der Waals surface area contributed by atoms with Crippen molar-refractivity contribution in [3.63, 3.8) is 0 Å². The summed E-state index contributed by atoms with van der Waals surface area (Å²) >= 11 is 0. The van der Waals surface area contributed by atoms with Gasteiger partial charge in [-0.1, -0.05) is 31.0 Å². The maximum atomic E-state index is 12.8. The number of aromatic nitrogens is 2. The summed E-state index contributed by atoms with van der Waals surface area (Å²) in [4.78, 5) is 29.8. The Morgan fingerprint density at radius 3 is 2.44 bits per heavy atom. The smallest absolute Gasteiger partial charge is 0.275 e. The number of benzene rings is 1. The summed E-state index contributed by atoms with van der Waals surface area (Å²) in [6, 6.07) is 7.56. The lowest BCUT2D eigenvalue weighted by Crippen LogP contribution is -2.44. The van der Waals surface area contributed by atoms with E-state index in [1.54, 1.807) is 10.9 Å². The topological polar surface area (TPSA) is 58.4 Å². The van der Waals surface area contributed by atoms with Crippen molar-refractivity contribution in [2.75, 3.05) is 26.2 Å². The first-order chi connectivity index (χ1) is 13.2. The monoisotopic (exact) mass is 368 g/mol. The molecule has 6 heteroatoms. The zero-order valence-electron chi connectivity index (χ0n) is 15.8. The van der Waals surface area contributed by atoms with Crippen LogP contribution in [0.3, 0.4) is 0 Å². The van der Waals surface area contributed by atoms with Gasteiger partial charge in [-0.2, -0.15) is 5.10 Å². The molecule has 1 aromatic carbocycles. The van der Waals surface area contributed by atoms with E-state index in [1.165, 1.54) is 12.8 Å². The minimum atomic E-state index is -0.0455. The lowest BCUT2D eigenvalue weighted by atomic mass is 9.95. The molecule has 2 fully saturated rings. The number of rotatable bonds is 3. The van der Waals surface area contributed by atoms with E-state index in [-0.39, 0.29) is 11.5 Å². The summed E-state index contributed by atoms with van der Waals surface area (Å²) in [6.45, 7) is 4.02. The zero-order chi connectivity index (χ0) is 18.6. The van der Waals surface area contributed by atoms with Gasteiger partial charge in [0.2, 0.25) is 5.91 Å². The van der Waals surface area contributed by atoms with Gasteiger partial charge in [0.25, 0.3) is 5.56 Å². The molecule has 1 amide bonds. The number of fused-ring (bicyclic) bond motifs is 1. The van der Waals surface area contributed by atoms with Crippen molar-refractivity contribution in [2.24, 2.45) is 5.92 Å². The standard InChI is InChI=1S/C21H28N4O2/c26-20(24-11-5-1-2-6-12-24)17-9-13-23(14-10-17)16-25-21(27)19-8-4-3-7-18(19)15-22-25/h3-4,7-8,15,17H,1-2,5-6,9-14,16H2. The number of carbonyl (C=O) groups excluding carboxylic acids is 1. The van der Waals surface area contributed by atoms with Gasteiger partial charge in [-0.3, -0.25) is 14.5 Å². The van der Waals surface area contributed by atoms with Crippen molar-refractivity contribution in [2.45, 2.75) is 45.2 Å². The molecule has 2 aromatic rings. The van der Waals surface area contributed by atoms with E-state index in [1.807, 2.05) is 24.3 Å². The molecule has 2 aliphatic heterocycles. The van der Waals surface area contributed by atoms with E-state index in [0.717, 1.165) is 57.2 Å². The van der Waals surface area contributed by atoms with Crippen LogP contribution < -0.4 is 5.56 Å². The van der Waals surface area contributed by atoms with Crippen LogP contribution in [-0.4, -0.2) is 51.7 Å². The normalized spacial score (nSPS) is 19.9. The molecule has 1 aromatic heterocycles.